The molecule has 0 unspecified atom stereocenters. The number of aliphatic hydroxyl groups is 1. The number of rotatable bonds is 4. The highest BCUT2D eigenvalue weighted by Gasteiger charge is 2.53. The molecule has 27 heavy (non-hydrogen) atoms. The molecule has 2 aliphatic rings. The summed E-state index contributed by atoms with van der Waals surface area (Å²) in [5.41, 5.74) is -0.319. The third kappa shape index (κ3) is 4.10. The van der Waals surface area contributed by atoms with Gasteiger partial charge in [0.15, 0.2) is 11.6 Å². The summed E-state index contributed by atoms with van der Waals surface area (Å²) in [7, 11) is 1.46. The first-order valence-corrected chi connectivity index (χ1v) is 9.43. The van der Waals surface area contributed by atoms with Crippen LogP contribution in [0.3, 0.4) is 0 Å². The highest BCUT2D eigenvalue weighted by atomic mass is 19.1. The fourth-order valence-electron chi connectivity index (χ4n) is 4.36. The summed E-state index contributed by atoms with van der Waals surface area (Å²) in [6, 6.07) is 4.91. The van der Waals surface area contributed by atoms with Gasteiger partial charge in [0.25, 0.3) is 0 Å². The molecule has 2 atom stereocenters. The average Bonchev–Trinajstić information content (AvgIpc) is 2.62. The molecule has 2 heterocycles. The molecule has 0 radical (unpaired) electrons. The lowest BCUT2D eigenvalue weighted by atomic mass is 9.73. The highest BCUT2D eigenvalue weighted by Crippen LogP contribution is 2.40. The number of benzene rings is 1. The van der Waals surface area contributed by atoms with E-state index in [0.29, 0.717) is 32.4 Å². The van der Waals surface area contributed by atoms with Crippen LogP contribution in [-0.2, 0) is 16.1 Å². The number of halogens is 1. The highest BCUT2D eigenvalue weighted by molar-refractivity contribution is 5.74. The Morgan fingerprint density at radius 1 is 1.41 bits per heavy atom. The molecule has 7 heteroatoms. The van der Waals surface area contributed by atoms with E-state index in [4.69, 9.17) is 9.47 Å². The lowest BCUT2D eigenvalue weighted by Crippen LogP contribution is -2.69. The Hall–Kier alpha value is -1.70. The van der Waals surface area contributed by atoms with Crippen molar-refractivity contribution in [1.82, 2.24) is 10.2 Å². The maximum atomic E-state index is 13.6. The van der Waals surface area contributed by atoms with Gasteiger partial charge in [0.2, 0.25) is 5.91 Å². The average molecular weight is 380 g/mol. The monoisotopic (exact) mass is 380 g/mol. The fraction of sp³-hybridized carbons (Fsp3) is 0.650. The van der Waals surface area contributed by atoms with Crippen LogP contribution >= 0.6 is 0 Å². The maximum Gasteiger partial charge on any atom is 0.217 e. The van der Waals surface area contributed by atoms with Gasteiger partial charge in [-0.05, 0) is 43.9 Å². The first-order chi connectivity index (χ1) is 12.8. The van der Waals surface area contributed by atoms with Crippen molar-refractivity contribution in [3.63, 3.8) is 0 Å². The molecule has 1 amide bonds. The van der Waals surface area contributed by atoms with Gasteiger partial charge in [-0.15, -0.1) is 0 Å². The number of likely N-dealkylation sites (tertiary alicyclic amines) is 1. The topological polar surface area (TPSA) is 71.0 Å². The number of hydrogen-bond acceptors (Lipinski definition) is 5. The van der Waals surface area contributed by atoms with E-state index in [2.05, 4.69) is 10.2 Å². The first kappa shape index (κ1) is 20.0. The van der Waals surface area contributed by atoms with E-state index in [1.807, 2.05) is 6.92 Å². The number of amides is 1. The first-order valence-electron chi connectivity index (χ1n) is 9.43. The Morgan fingerprint density at radius 3 is 2.74 bits per heavy atom. The van der Waals surface area contributed by atoms with E-state index in [1.54, 1.807) is 12.1 Å². The van der Waals surface area contributed by atoms with Crippen molar-refractivity contribution in [2.45, 2.75) is 56.9 Å². The van der Waals surface area contributed by atoms with Crippen LogP contribution in [0, 0.1) is 5.82 Å². The van der Waals surface area contributed by atoms with E-state index < -0.39 is 17.2 Å². The number of nitrogens with zero attached hydrogens (tertiary/aromatic N) is 1. The number of nitrogens with one attached hydrogen (secondary N) is 1. The summed E-state index contributed by atoms with van der Waals surface area (Å²) in [5.74, 6) is -0.260. The summed E-state index contributed by atoms with van der Waals surface area (Å²) >= 11 is 0. The second-order valence-corrected chi connectivity index (χ2v) is 7.91. The van der Waals surface area contributed by atoms with Crippen LogP contribution in [-0.4, -0.2) is 60.0 Å². The van der Waals surface area contributed by atoms with Gasteiger partial charge in [-0.3, -0.25) is 9.69 Å². The zero-order valence-corrected chi connectivity index (χ0v) is 16.3. The molecule has 2 fully saturated rings. The second-order valence-electron chi connectivity index (χ2n) is 7.91. The Labute approximate surface area is 159 Å². The third-order valence-corrected chi connectivity index (χ3v) is 5.90. The summed E-state index contributed by atoms with van der Waals surface area (Å²) in [6.07, 6.45) is 1.20. The van der Waals surface area contributed by atoms with Crippen LogP contribution in [0.1, 0.15) is 38.7 Å². The van der Waals surface area contributed by atoms with Crippen LogP contribution < -0.4 is 10.1 Å². The van der Waals surface area contributed by atoms with Crippen molar-refractivity contribution in [3.05, 3.63) is 29.6 Å². The largest absolute Gasteiger partial charge is 0.494 e. The zero-order chi connectivity index (χ0) is 19.7. The van der Waals surface area contributed by atoms with E-state index in [9.17, 15) is 14.3 Å². The summed E-state index contributed by atoms with van der Waals surface area (Å²) in [6.45, 7) is 6.08. The van der Waals surface area contributed by atoms with Gasteiger partial charge in [0, 0.05) is 33.2 Å². The Kier molecular flexibility index (Phi) is 5.74. The molecule has 1 aromatic carbocycles. The minimum Gasteiger partial charge on any atom is -0.494 e. The number of methoxy groups -OCH3 is 1. The number of piperidine rings is 1. The van der Waals surface area contributed by atoms with Crippen LogP contribution in [0.2, 0.25) is 0 Å². The Bertz CT molecular complexity index is 691. The summed E-state index contributed by atoms with van der Waals surface area (Å²) in [4.78, 5) is 13.8. The third-order valence-electron chi connectivity index (χ3n) is 5.90. The SMILES string of the molecule is COc1cc(CN2CCC3(CC2)OCC[C@@](C)(NC(C)=O)[C@@H]3O)ccc1F. The number of carbonyl (C=O) groups excluding carboxylic acids is 1. The van der Waals surface area contributed by atoms with Crippen LogP contribution in [0.5, 0.6) is 5.75 Å². The molecule has 2 aliphatic heterocycles. The van der Waals surface area contributed by atoms with Crippen molar-refractivity contribution < 1.29 is 23.8 Å². The minimum absolute atomic E-state index is 0.142. The van der Waals surface area contributed by atoms with Crippen molar-refractivity contribution in [2.75, 3.05) is 26.8 Å². The molecule has 1 aromatic rings. The van der Waals surface area contributed by atoms with Crippen molar-refractivity contribution in [3.8, 4) is 5.75 Å². The molecule has 0 bridgehead atoms. The molecule has 150 valence electrons. The molecular weight excluding hydrogens is 351 g/mol. The Morgan fingerprint density at radius 2 is 2.11 bits per heavy atom. The van der Waals surface area contributed by atoms with Gasteiger partial charge in [-0.2, -0.15) is 0 Å². The standard InChI is InChI=1S/C20H29FN2O4/c1-14(24)22-19(2)8-11-27-20(18(19)25)6-9-23(10-7-20)13-15-4-5-16(21)17(12-15)26-3/h4-5,12,18,25H,6-11,13H2,1-3H3,(H,22,24)/t18-,19+/m0/s1. The van der Waals surface area contributed by atoms with E-state index in [0.717, 1.165) is 18.7 Å². The molecule has 1 spiro atoms. The smallest absolute Gasteiger partial charge is 0.217 e. The second kappa shape index (κ2) is 7.73. The minimum atomic E-state index is -0.754. The van der Waals surface area contributed by atoms with Gasteiger partial charge >= 0.3 is 0 Å². The molecule has 3 rings (SSSR count). The Balaban J connectivity index is 1.64. The maximum absolute atomic E-state index is 13.6. The molecule has 0 aliphatic carbocycles. The quantitative estimate of drug-likeness (QED) is 0.834. The zero-order valence-electron chi connectivity index (χ0n) is 16.3. The van der Waals surface area contributed by atoms with Crippen molar-refractivity contribution in [1.29, 1.82) is 0 Å². The van der Waals surface area contributed by atoms with Crippen LogP contribution in [0.25, 0.3) is 0 Å². The fourth-order valence-corrected chi connectivity index (χ4v) is 4.36. The van der Waals surface area contributed by atoms with Gasteiger partial charge in [-0.1, -0.05) is 6.07 Å². The molecule has 2 saturated heterocycles. The normalized spacial score (nSPS) is 28.1. The molecule has 0 aromatic heterocycles. The molecule has 6 nitrogen and oxygen atoms in total. The van der Waals surface area contributed by atoms with Crippen molar-refractivity contribution in [2.24, 2.45) is 0 Å². The summed E-state index contributed by atoms with van der Waals surface area (Å²) in [5, 5.41) is 13.9. The lowest BCUT2D eigenvalue weighted by Gasteiger charge is -2.53. The number of aliphatic hydroxyl groups excluding tert-OH is 1. The lowest BCUT2D eigenvalue weighted by molar-refractivity contribution is -0.208. The molecule has 0 saturated carbocycles. The predicted molar refractivity (Wildman–Crippen MR) is 99.0 cm³/mol. The van der Waals surface area contributed by atoms with Crippen LogP contribution in [0.15, 0.2) is 18.2 Å². The molecule has 2 N–H and O–H groups in total. The van der Waals surface area contributed by atoms with Gasteiger partial charge in [-0.25, -0.2) is 4.39 Å². The summed E-state index contributed by atoms with van der Waals surface area (Å²) < 4.78 is 24.7. The predicted octanol–water partition coefficient (Wildman–Crippen LogP) is 1.84. The van der Waals surface area contributed by atoms with E-state index in [1.165, 1.54) is 20.1 Å². The van der Waals surface area contributed by atoms with Crippen molar-refractivity contribution >= 4 is 5.91 Å². The van der Waals surface area contributed by atoms with Gasteiger partial charge < -0.3 is 19.9 Å². The van der Waals surface area contributed by atoms with E-state index >= 15 is 0 Å². The molecular formula is C20H29FN2O4. The number of carbonyl (C=O) groups is 1. The number of ether oxygens (including phenoxy) is 2. The van der Waals surface area contributed by atoms with E-state index in [-0.39, 0.29) is 17.5 Å². The van der Waals surface area contributed by atoms with Gasteiger partial charge in [0.1, 0.15) is 6.10 Å². The van der Waals surface area contributed by atoms with Gasteiger partial charge in [0.05, 0.1) is 18.2 Å². The number of hydrogen-bond donors (Lipinski definition) is 2. The van der Waals surface area contributed by atoms with Crippen LogP contribution in [0.4, 0.5) is 4.39 Å².